The van der Waals surface area contributed by atoms with E-state index in [0.717, 1.165) is 62.6 Å². The number of fused-ring (bicyclic) bond motifs is 1. The summed E-state index contributed by atoms with van der Waals surface area (Å²) in [5.41, 5.74) is 8.66. The number of piperazine rings is 1. The number of hydrazine groups is 1. The molecule has 1 aliphatic carbocycles. The van der Waals surface area contributed by atoms with Gasteiger partial charge in [0.15, 0.2) is 0 Å². The van der Waals surface area contributed by atoms with Crippen LogP contribution in [0.15, 0.2) is 24.8 Å². The Hall–Kier alpha value is -2.14. The molecule has 0 radical (unpaired) electrons. The minimum absolute atomic E-state index is 0.0271. The van der Waals surface area contributed by atoms with Gasteiger partial charge in [-0.05, 0) is 30.7 Å². The number of hydrogen-bond donors (Lipinski definition) is 3. The molecule has 0 aromatic carbocycles. The fourth-order valence-electron chi connectivity index (χ4n) is 5.49. The molecule has 4 heterocycles. The highest BCUT2D eigenvalue weighted by Gasteiger charge is 2.46. The number of aliphatic hydroxyl groups is 1. The third-order valence-electron chi connectivity index (χ3n) is 7.29. The third-order valence-corrected chi connectivity index (χ3v) is 7.29. The summed E-state index contributed by atoms with van der Waals surface area (Å²) >= 11 is 0. The molecule has 0 amide bonds. The van der Waals surface area contributed by atoms with Crippen molar-refractivity contribution in [2.75, 3.05) is 44.2 Å². The second-order valence-electron chi connectivity index (χ2n) is 9.28. The third kappa shape index (κ3) is 4.36. The van der Waals surface area contributed by atoms with Gasteiger partial charge in [-0.1, -0.05) is 0 Å². The van der Waals surface area contributed by atoms with Crippen LogP contribution in [0.3, 0.4) is 0 Å². The summed E-state index contributed by atoms with van der Waals surface area (Å²) in [7, 11) is 1.87. The van der Waals surface area contributed by atoms with E-state index in [4.69, 9.17) is 5.11 Å². The fourth-order valence-corrected chi connectivity index (χ4v) is 5.49. The SMILES string of the molecule is Cn1cc(C2CC3C(CC2F)NNC3c2cc(N3CCN(CCCO)CC3)ncn2)cn1. The molecule has 3 aliphatic rings. The van der Waals surface area contributed by atoms with Crippen molar-refractivity contribution in [3.8, 4) is 0 Å². The van der Waals surface area contributed by atoms with Crippen LogP contribution < -0.4 is 15.8 Å². The van der Waals surface area contributed by atoms with Crippen LogP contribution in [0.1, 0.15) is 42.5 Å². The largest absolute Gasteiger partial charge is 0.396 e. The minimum Gasteiger partial charge on any atom is -0.396 e. The van der Waals surface area contributed by atoms with Gasteiger partial charge in [-0.3, -0.25) is 15.0 Å². The summed E-state index contributed by atoms with van der Waals surface area (Å²) in [6, 6.07) is 2.21. The Morgan fingerprint density at radius 3 is 2.75 bits per heavy atom. The number of nitrogens with zero attached hydrogens (tertiary/aromatic N) is 6. The molecule has 2 aliphatic heterocycles. The van der Waals surface area contributed by atoms with Crippen molar-refractivity contribution in [2.24, 2.45) is 13.0 Å². The van der Waals surface area contributed by atoms with Crippen molar-refractivity contribution in [1.29, 1.82) is 0 Å². The molecule has 0 spiro atoms. The number of aromatic nitrogens is 4. The zero-order valence-corrected chi connectivity index (χ0v) is 18.6. The van der Waals surface area contributed by atoms with Gasteiger partial charge in [-0.2, -0.15) is 5.10 Å². The number of anilines is 1. The molecule has 2 aromatic rings. The highest BCUT2D eigenvalue weighted by molar-refractivity contribution is 5.40. The number of aryl methyl sites for hydroxylation is 1. The van der Waals surface area contributed by atoms with E-state index >= 15 is 0 Å². The highest BCUT2D eigenvalue weighted by atomic mass is 19.1. The Morgan fingerprint density at radius 1 is 1.16 bits per heavy atom. The van der Waals surface area contributed by atoms with Gasteiger partial charge in [0, 0.05) is 70.6 Å². The fraction of sp³-hybridized carbons (Fsp3) is 0.682. The molecular weight excluding hydrogens is 411 g/mol. The lowest BCUT2D eigenvalue weighted by atomic mass is 9.72. The van der Waals surface area contributed by atoms with Crippen molar-refractivity contribution < 1.29 is 9.50 Å². The second kappa shape index (κ2) is 9.38. The average Bonchev–Trinajstić information content (AvgIpc) is 3.43. The van der Waals surface area contributed by atoms with Gasteiger partial charge in [-0.15, -0.1) is 0 Å². The van der Waals surface area contributed by atoms with Crippen LogP contribution in [0.25, 0.3) is 0 Å². The summed E-state index contributed by atoms with van der Waals surface area (Å²) in [6.07, 6.45) is 6.57. The zero-order valence-electron chi connectivity index (χ0n) is 18.6. The maximum atomic E-state index is 15.0. The van der Waals surface area contributed by atoms with Crippen molar-refractivity contribution in [3.05, 3.63) is 36.0 Å². The number of rotatable bonds is 6. The van der Waals surface area contributed by atoms with E-state index in [1.165, 1.54) is 0 Å². The number of halogens is 1. The molecule has 5 rings (SSSR count). The molecule has 5 atom stereocenters. The van der Waals surface area contributed by atoms with Gasteiger partial charge in [0.1, 0.15) is 18.3 Å². The van der Waals surface area contributed by atoms with Crippen molar-refractivity contribution in [1.82, 2.24) is 35.5 Å². The predicted octanol–water partition coefficient (Wildman–Crippen LogP) is 0.764. The van der Waals surface area contributed by atoms with Gasteiger partial charge >= 0.3 is 0 Å². The number of alkyl halides is 1. The lowest BCUT2D eigenvalue weighted by molar-refractivity contribution is 0.153. The topological polar surface area (TPSA) is 94.4 Å². The predicted molar refractivity (Wildman–Crippen MR) is 119 cm³/mol. The van der Waals surface area contributed by atoms with Gasteiger partial charge < -0.3 is 10.0 Å². The molecule has 3 N–H and O–H groups in total. The van der Waals surface area contributed by atoms with E-state index in [9.17, 15) is 4.39 Å². The van der Waals surface area contributed by atoms with Crippen LogP contribution in [0.5, 0.6) is 0 Å². The van der Waals surface area contributed by atoms with Crippen molar-refractivity contribution in [2.45, 2.75) is 43.4 Å². The molecule has 5 unspecified atom stereocenters. The molecule has 9 nitrogen and oxygen atoms in total. The second-order valence-corrected chi connectivity index (χ2v) is 9.28. The first-order valence-corrected chi connectivity index (χ1v) is 11.7. The van der Waals surface area contributed by atoms with Crippen LogP contribution in [0.2, 0.25) is 0 Å². The molecule has 32 heavy (non-hydrogen) atoms. The number of aliphatic hydroxyl groups excluding tert-OH is 1. The van der Waals surface area contributed by atoms with Gasteiger partial charge in [0.25, 0.3) is 0 Å². The smallest absolute Gasteiger partial charge is 0.132 e. The van der Waals surface area contributed by atoms with Crippen LogP contribution in [0, 0.1) is 5.92 Å². The van der Waals surface area contributed by atoms with Gasteiger partial charge in [0.05, 0.1) is 17.9 Å². The Kier molecular flexibility index (Phi) is 6.36. The molecular formula is C22H33FN8O. The standard InChI is InChI=1S/C22H33FN8O/c1-29-13-15(12-26-29)16-9-17-19(10-18(16)23)27-28-22(17)20-11-21(25-14-24-20)31-6-4-30(5-7-31)3-2-8-32/h11-14,16-19,22,27-28,32H,2-10H2,1H3. The van der Waals surface area contributed by atoms with Crippen molar-refractivity contribution in [3.63, 3.8) is 0 Å². The summed E-state index contributed by atoms with van der Waals surface area (Å²) in [5, 5.41) is 13.3. The Bertz CT molecular complexity index is 902. The number of hydrogen-bond acceptors (Lipinski definition) is 8. The number of nitrogens with one attached hydrogen (secondary N) is 2. The van der Waals surface area contributed by atoms with E-state index in [-0.39, 0.29) is 30.5 Å². The first-order chi connectivity index (χ1) is 15.6. The maximum absolute atomic E-state index is 15.0. The van der Waals surface area contributed by atoms with E-state index in [1.807, 2.05) is 13.2 Å². The quantitative estimate of drug-likeness (QED) is 0.602. The lowest BCUT2D eigenvalue weighted by Gasteiger charge is -2.36. The lowest BCUT2D eigenvalue weighted by Crippen LogP contribution is -2.47. The van der Waals surface area contributed by atoms with Crippen molar-refractivity contribution >= 4 is 5.82 Å². The maximum Gasteiger partial charge on any atom is 0.132 e. The Morgan fingerprint density at radius 2 is 2.00 bits per heavy atom. The molecule has 2 aromatic heterocycles. The monoisotopic (exact) mass is 444 g/mol. The van der Waals surface area contributed by atoms with Crippen LogP contribution in [-0.4, -0.2) is 81.3 Å². The molecule has 3 fully saturated rings. The summed E-state index contributed by atoms with van der Waals surface area (Å²) in [6.45, 7) is 4.95. The average molecular weight is 445 g/mol. The molecule has 2 saturated heterocycles. The first kappa shape index (κ1) is 21.7. The molecule has 1 saturated carbocycles. The summed E-state index contributed by atoms with van der Waals surface area (Å²) in [4.78, 5) is 13.8. The normalized spacial score (nSPS) is 31.1. The van der Waals surface area contributed by atoms with Gasteiger partial charge in [-0.25, -0.2) is 19.8 Å². The first-order valence-electron chi connectivity index (χ1n) is 11.7. The van der Waals surface area contributed by atoms with Crippen LogP contribution in [0.4, 0.5) is 10.2 Å². The van der Waals surface area contributed by atoms with E-state index < -0.39 is 6.17 Å². The van der Waals surface area contributed by atoms with E-state index in [0.29, 0.717) is 6.42 Å². The van der Waals surface area contributed by atoms with E-state index in [2.05, 4.69) is 41.8 Å². The zero-order chi connectivity index (χ0) is 22.1. The summed E-state index contributed by atoms with van der Waals surface area (Å²) < 4.78 is 16.7. The molecule has 10 heteroatoms. The minimum atomic E-state index is -0.878. The van der Waals surface area contributed by atoms with E-state index in [1.54, 1.807) is 17.2 Å². The Labute approximate surface area is 188 Å². The highest BCUT2D eigenvalue weighted by Crippen LogP contribution is 2.45. The van der Waals surface area contributed by atoms with Crippen LogP contribution >= 0.6 is 0 Å². The van der Waals surface area contributed by atoms with Crippen LogP contribution in [-0.2, 0) is 7.05 Å². The molecule has 174 valence electrons. The summed E-state index contributed by atoms with van der Waals surface area (Å²) in [5.74, 6) is 1.07. The molecule has 0 bridgehead atoms. The Balaban J connectivity index is 1.28. The van der Waals surface area contributed by atoms with Gasteiger partial charge in [0.2, 0.25) is 0 Å².